The first-order chi connectivity index (χ1) is 15.2. The average Bonchev–Trinajstić information content (AvgIpc) is 2.83. The van der Waals surface area contributed by atoms with Gasteiger partial charge in [-0.05, 0) is 37.5 Å². The Hall–Kier alpha value is -2.00. The monoisotopic (exact) mass is 550 g/mol. The van der Waals surface area contributed by atoms with E-state index in [4.69, 9.17) is 9.73 Å². The first-order valence-corrected chi connectivity index (χ1v) is 11.4. The number of phenolic OH excluding ortho intramolecular Hbond substituents is 1. The quantitative estimate of drug-likeness (QED) is 0.337. The van der Waals surface area contributed by atoms with Crippen molar-refractivity contribution >= 4 is 35.6 Å². The smallest absolute Gasteiger partial charge is 0.194 e. The summed E-state index contributed by atoms with van der Waals surface area (Å²) in [7, 11) is 0. The van der Waals surface area contributed by atoms with Crippen molar-refractivity contribution in [3.63, 3.8) is 0 Å². The number of para-hydroxylation sites is 2. The third kappa shape index (κ3) is 5.67. The standard InChI is InChI=1S/C25H34N4O2.HI/c1-2-26-24(29-16-14-28(15-17-29)22-10-6-7-11-23(22)30)27-20-25(12-18-31-19-13-25)21-8-4-3-5-9-21;/h3-11,30H,2,12-20H2,1H3,(H,26,27);1H. The predicted octanol–water partition coefficient (Wildman–Crippen LogP) is 3.85. The van der Waals surface area contributed by atoms with Crippen LogP contribution in [0.25, 0.3) is 0 Å². The van der Waals surface area contributed by atoms with Gasteiger partial charge in [0.2, 0.25) is 0 Å². The Kier molecular flexibility index (Phi) is 9.04. The lowest BCUT2D eigenvalue weighted by Gasteiger charge is -2.39. The summed E-state index contributed by atoms with van der Waals surface area (Å²) >= 11 is 0. The van der Waals surface area contributed by atoms with Gasteiger partial charge in [0.1, 0.15) is 5.75 Å². The van der Waals surface area contributed by atoms with Crippen LogP contribution in [-0.2, 0) is 10.2 Å². The second-order valence-corrected chi connectivity index (χ2v) is 8.39. The molecule has 6 nitrogen and oxygen atoms in total. The Morgan fingerprint density at radius 1 is 1.00 bits per heavy atom. The summed E-state index contributed by atoms with van der Waals surface area (Å²) < 4.78 is 5.68. The van der Waals surface area contributed by atoms with Crippen LogP contribution in [-0.4, -0.2) is 68.4 Å². The van der Waals surface area contributed by atoms with Crippen molar-refractivity contribution in [1.82, 2.24) is 10.2 Å². The molecule has 0 atom stereocenters. The minimum atomic E-state index is 0. The van der Waals surface area contributed by atoms with Crippen LogP contribution < -0.4 is 10.2 Å². The maximum Gasteiger partial charge on any atom is 0.194 e. The lowest BCUT2D eigenvalue weighted by molar-refractivity contribution is 0.0530. The molecule has 2 fully saturated rings. The van der Waals surface area contributed by atoms with E-state index in [0.29, 0.717) is 5.75 Å². The summed E-state index contributed by atoms with van der Waals surface area (Å²) in [5.41, 5.74) is 2.31. The molecule has 2 heterocycles. The highest BCUT2D eigenvalue weighted by atomic mass is 127. The third-order valence-electron chi connectivity index (χ3n) is 6.50. The first kappa shape index (κ1) is 24.6. The Morgan fingerprint density at radius 3 is 2.31 bits per heavy atom. The van der Waals surface area contributed by atoms with Gasteiger partial charge in [-0.25, -0.2) is 0 Å². The number of hydrogen-bond donors (Lipinski definition) is 2. The third-order valence-corrected chi connectivity index (χ3v) is 6.50. The Labute approximate surface area is 208 Å². The zero-order chi connectivity index (χ0) is 21.5. The Bertz CT molecular complexity index is 863. The number of piperazine rings is 1. The second-order valence-electron chi connectivity index (χ2n) is 8.39. The van der Waals surface area contributed by atoms with Crippen LogP contribution in [0.15, 0.2) is 59.6 Å². The van der Waals surface area contributed by atoms with Crippen LogP contribution in [0.2, 0.25) is 0 Å². The lowest BCUT2D eigenvalue weighted by Crippen LogP contribution is -2.53. The molecule has 2 aromatic rings. The van der Waals surface area contributed by atoms with E-state index >= 15 is 0 Å². The highest BCUT2D eigenvalue weighted by Gasteiger charge is 2.34. The number of aromatic hydroxyl groups is 1. The molecular weight excluding hydrogens is 515 g/mol. The van der Waals surface area contributed by atoms with E-state index in [1.54, 1.807) is 6.07 Å². The number of aliphatic imine (C=N–C) groups is 1. The molecule has 32 heavy (non-hydrogen) atoms. The van der Waals surface area contributed by atoms with Gasteiger partial charge in [0.25, 0.3) is 0 Å². The summed E-state index contributed by atoms with van der Waals surface area (Å²) in [6.45, 7) is 8.79. The van der Waals surface area contributed by atoms with Gasteiger partial charge in [-0.15, -0.1) is 24.0 Å². The number of halogens is 1. The second kappa shape index (κ2) is 11.7. The van der Waals surface area contributed by atoms with Crippen LogP contribution in [0.1, 0.15) is 25.3 Å². The molecule has 0 spiro atoms. The molecule has 2 N–H and O–H groups in total. The van der Waals surface area contributed by atoms with Gasteiger partial charge in [-0.1, -0.05) is 42.5 Å². The minimum Gasteiger partial charge on any atom is -0.506 e. The predicted molar refractivity (Wildman–Crippen MR) is 141 cm³/mol. The van der Waals surface area contributed by atoms with E-state index < -0.39 is 0 Å². The van der Waals surface area contributed by atoms with E-state index in [1.165, 1.54) is 5.56 Å². The number of anilines is 1. The topological polar surface area (TPSA) is 60.3 Å². The molecule has 7 heteroatoms. The van der Waals surface area contributed by atoms with Crippen LogP contribution in [0, 0.1) is 0 Å². The van der Waals surface area contributed by atoms with E-state index in [2.05, 4.69) is 52.4 Å². The zero-order valence-corrected chi connectivity index (χ0v) is 21.2. The molecule has 0 unspecified atom stereocenters. The summed E-state index contributed by atoms with van der Waals surface area (Å²) in [5, 5.41) is 13.7. The van der Waals surface area contributed by atoms with Gasteiger partial charge in [0.05, 0.1) is 12.2 Å². The van der Waals surface area contributed by atoms with Crippen LogP contribution in [0.3, 0.4) is 0 Å². The number of phenols is 1. The number of hydrogen-bond acceptors (Lipinski definition) is 4. The molecule has 0 bridgehead atoms. The summed E-state index contributed by atoms with van der Waals surface area (Å²) in [6, 6.07) is 18.4. The van der Waals surface area contributed by atoms with Crippen molar-refractivity contribution in [2.75, 3.05) is 57.4 Å². The fourth-order valence-corrected chi connectivity index (χ4v) is 4.63. The van der Waals surface area contributed by atoms with E-state index in [9.17, 15) is 5.11 Å². The van der Waals surface area contributed by atoms with Gasteiger partial charge in [0, 0.05) is 51.4 Å². The molecule has 2 aliphatic rings. The molecular formula is C25H35IN4O2. The maximum absolute atomic E-state index is 10.2. The van der Waals surface area contributed by atoms with E-state index in [1.807, 2.05) is 18.2 Å². The Balaban J connectivity index is 0.00000289. The fourth-order valence-electron chi connectivity index (χ4n) is 4.63. The van der Waals surface area contributed by atoms with Crippen molar-refractivity contribution < 1.29 is 9.84 Å². The van der Waals surface area contributed by atoms with E-state index in [-0.39, 0.29) is 29.4 Å². The van der Waals surface area contributed by atoms with Crippen molar-refractivity contribution in [2.45, 2.75) is 25.2 Å². The number of benzene rings is 2. The molecule has 0 radical (unpaired) electrons. The molecule has 174 valence electrons. The van der Waals surface area contributed by atoms with Crippen LogP contribution in [0.4, 0.5) is 5.69 Å². The fraction of sp³-hybridized carbons (Fsp3) is 0.480. The van der Waals surface area contributed by atoms with Gasteiger partial charge in [0.15, 0.2) is 5.96 Å². The molecule has 4 rings (SSSR count). The number of nitrogens with zero attached hydrogens (tertiary/aromatic N) is 3. The number of guanidine groups is 1. The van der Waals surface area contributed by atoms with Gasteiger partial charge in [-0.2, -0.15) is 0 Å². The normalized spacial score (nSPS) is 18.7. The summed E-state index contributed by atoms with van der Waals surface area (Å²) in [6.07, 6.45) is 2.00. The van der Waals surface area contributed by atoms with Crippen molar-refractivity contribution in [2.24, 2.45) is 4.99 Å². The zero-order valence-electron chi connectivity index (χ0n) is 18.9. The first-order valence-electron chi connectivity index (χ1n) is 11.4. The van der Waals surface area contributed by atoms with Crippen molar-refractivity contribution in [3.05, 3.63) is 60.2 Å². The van der Waals surface area contributed by atoms with Crippen LogP contribution in [0.5, 0.6) is 5.75 Å². The SMILES string of the molecule is CCNC(=NCC1(c2ccccc2)CCOCC1)N1CCN(c2ccccc2O)CC1.I. The Morgan fingerprint density at radius 2 is 1.66 bits per heavy atom. The molecule has 2 aliphatic heterocycles. The molecule has 0 aromatic heterocycles. The largest absolute Gasteiger partial charge is 0.506 e. The minimum absolute atomic E-state index is 0. The van der Waals surface area contributed by atoms with Gasteiger partial charge < -0.3 is 25.0 Å². The highest BCUT2D eigenvalue weighted by molar-refractivity contribution is 14.0. The molecule has 2 aromatic carbocycles. The van der Waals surface area contributed by atoms with Crippen molar-refractivity contribution in [3.8, 4) is 5.75 Å². The van der Waals surface area contributed by atoms with Gasteiger partial charge >= 0.3 is 0 Å². The average molecular weight is 550 g/mol. The molecule has 2 saturated heterocycles. The highest BCUT2D eigenvalue weighted by Crippen LogP contribution is 2.35. The van der Waals surface area contributed by atoms with Gasteiger partial charge in [-0.3, -0.25) is 4.99 Å². The number of ether oxygens (including phenoxy) is 1. The molecule has 0 amide bonds. The molecule has 0 saturated carbocycles. The number of nitrogens with one attached hydrogen (secondary N) is 1. The number of rotatable bonds is 5. The maximum atomic E-state index is 10.2. The van der Waals surface area contributed by atoms with E-state index in [0.717, 1.165) is 77.0 Å². The lowest BCUT2D eigenvalue weighted by atomic mass is 9.74. The van der Waals surface area contributed by atoms with Crippen LogP contribution >= 0.6 is 24.0 Å². The molecule has 0 aliphatic carbocycles. The summed E-state index contributed by atoms with van der Waals surface area (Å²) in [4.78, 5) is 9.73. The summed E-state index contributed by atoms with van der Waals surface area (Å²) in [5.74, 6) is 1.34. The van der Waals surface area contributed by atoms with Crippen molar-refractivity contribution in [1.29, 1.82) is 0 Å².